The lowest BCUT2D eigenvalue weighted by molar-refractivity contribution is -0.0500. The van der Waals surface area contributed by atoms with Gasteiger partial charge in [-0.3, -0.25) is 4.79 Å². The van der Waals surface area contributed by atoms with Crippen molar-refractivity contribution in [2.75, 3.05) is 7.05 Å². The van der Waals surface area contributed by atoms with E-state index in [1.807, 2.05) is 0 Å². The van der Waals surface area contributed by atoms with E-state index >= 15 is 0 Å². The van der Waals surface area contributed by atoms with Crippen molar-refractivity contribution in [2.24, 2.45) is 0 Å². The summed E-state index contributed by atoms with van der Waals surface area (Å²) in [6.07, 6.45) is 1.10. The summed E-state index contributed by atoms with van der Waals surface area (Å²) in [6.45, 7) is -3.05. The van der Waals surface area contributed by atoms with Gasteiger partial charge in [0.15, 0.2) is 5.82 Å². The molecule has 0 aliphatic heterocycles. The van der Waals surface area contributed by atoms with E-state index in [1.54, 1.807) is 0 Å². The molecular weight excluding hydrogens is 291 g/mol. The van der Waals surface area contributed by atoms with Crippen LogP contribution in [0.3, 0.4) is 0 Å². The van der Waals surface area contributed by atoms with Crippen LogP contribution in [0.25, 0.3) is 0 Å². The van der Waals surface area contributed by atoms with Crippen LogP contribution in [0.1, 0.15) is 16.2 Å². The molecule has 0 radical (unpaired) electrons. The van der Waals surface area contributed by atoms with Gasteiger partial charge in [0, 0.05) is 13.1 Å². The highest BCUT2D eigenvalue weighted by molar-refractivity contribution is 5.94. The summed E-state index contributed by atoms with van der Waals surface area (Å²) >= 11 is 0. The summed E-state index contributed by atoms with van der Waals surface area (Å²) < 4.78 is 46.3. The molecule has 0 bridgehead atoms. The molecule has 0 aliphatic carbocycles. The predicted octanol–water partition coefficient (Wildman–Crippen LogP) is 2.08. The van der Waals surface area contributed by atoms with Gasteiger partial charge in [-0.2, -0.15) is 13.8 Å². The molecule has 0 atom stereocenters. The lowest BCUT2D eigenvalue weighted by Gasteiger charge is -2.15. The fraction of sp³-hybridized carbons (Fsp3) is 0.250. The third kappa shape index (κ3) is 3.71. The van der Waals surface area contributed by atoms with E-state index in [-0.39, 0.29) is 23.7 Å². The number of rotatable bonds is 5. The molecule has 6 nitrogen and oxygen atoms in total. The Hall–Kier alpha value is -2.58. The molecule has 2 aromatic rings. The van der Waals surface area contributed by atoms with Crippen LogP contribution < -0.4 is 4.74 Å². The fourth-order valence-corrected chi connectivity index (χ4v) is 1.60. The minimum atomic E-state index is -3.06. The summed E-state index contributed by atoms with van der Waals surface area (Å²) in [7, 11) is 1.42. The smallest absolute Gasteiger partial charge is 0.387 e. The molecule has 1 heterocycles. The first kappa shape index (κ1) is 14.8. The van der Waals surface area contributed by atoms with Crippen molar-refractivity contribution in [3.8, 4) is 5.75 Å². The van der Waals surface area contributed by atoms with Crippen molar-refractivity contribution >= 4 is 5.91 Å². The van der Waals surface area contributed by atoms with Crippen molar-refractivity contribution in [2.45, 2.75) is 13.2 Å². The van der Waals surface area contributed by atoms with Crippen LogP contribution in [0.5, 0.6) is 5.75 Å². The quantitative estimate of drug-likeness (QED) is 0.845. The normalized spacial score (nSPS) is 10.7. The zero-order valence-corrected chi connectivity index (χ0v) is 10.8. The molecule has 0 saturated heterocycles. The predicted molar refractivity (Wildman–Crippen MR) is 63.1 cm³/mol. The maximum atomic E-state index is 13.8. The van der Waals surface area contributed by atoms with E-state index in [2.05, 4.69) is 19.4 Å². The van der Waals surface area contributed by atoms with Gasteiger partial charge in [-0.15, -0.1) is 0 Å². The number of carbonyl (C=O) groups excluding carboxylic acids is 1. The standard InChI is InChI=1S/C12H10F3N3O3/c1-18(5-10-16-6-20-17-10)11(19)8-3-2-7(4-9(8)13)21-12(14)15/h2-4,6,12H,5H2,1H3. The summed E-state index contributed by atoms with van der Waals surface area (Å²) in [4.78, 5) is 16.9. The number of hydrogen-bond donors (Lipinski definition) is 0. The van der Waals surface area contributed by atoms with Crippen molar-refractivity contribution in [3.05, 3.63) is 41.8 Å². The van der Waals surface area contributed by atoms with Gasteiger partial charge >= 0.3 is 6.61 Å². The molecule has 1 aromatic heterocycles. The molecule has 0 aliphatic rings. The molecule has 112 valence electrons. The Kier molecular flexibility index (Phi) is 4.41. The van der Waals surface area contributed by atoms with Crippen LogP contribution in [0.15, 0.2) is 29.1 Å². The fourth-order valence-electron chi connectivity index (χ4n) is 1.60. The number of carbonyl (C=O) groups is 1. The average Bonchev–Trinajstić information content (AvgIpc) is 2.90. The molecule has 0 spiro atoms. The highest BCUT2D eigenvalue weighted by Gasteiger charge is 2.19. The van der Waals surface area contributed by atoms with E-state index in [4.69, 9.17) is 0 Å². The minimum Gasteiger partial charge on any atom is -0.435 e. The lowest BCUT2D eigenvalue weighted by atomic mass is 10.2. The van der Waals surface area contributed by atoms with Crippen LogP contribution in [-0.2, 0) is 6.54 Å². The summed E-state index contributed by atoms with van der Waals surface area (Å²) in [5.41, 5.74) is -0.275. The molecule has 2 rings (SSSR count). The van der Waals surface area contributed by atoms with E-state index < -0.39 is 18.3 Å². The zero-order valence-electron chi connectivity index (χ0n) is 10.8. The maximum Gasteiger partial charge on any atom is 0.387 e. The monoisotopic (exact) mass is 301 g/mol. The first-order chi connectivity index (χ1) is 9.97. The molecule has 1 amide bonds. The van der Waals surface area contributed by atoms with Gasteiger partial charge in [-0.1, -0.05) is 5.16 Å². The minimum absolute atomic E-state index is 0.0179. The molecule has 0 fully saturated rings. The number of ether oxygens (including phenoxy) is 1. The Bertz CT molecular complexity index is 619. The summed E-state index contributed by atoms with van der Waals surface area (Å²) in [5, 5.41) is 3.52. The molecule has 0 N–H and O–H groups in total. The topological polar surface area (TPSA) is 68.5 Å². The second-order valence-corrected chi connectivity index (χ2v) is 4.03. The number of amides is 1. The van der Waals surface area contributed by atoms with Gasteiger partial charge < -0.3 is 14.2 Å². The van der Waals surface area contributed by atoms with Crippen LogP contribution >= 0.6 is 0 Å². The Morgan fingerprint density at radius 2 is 2.24 bits per heavy atom. The second-order valence-electron chi connectivity index (χ2n) is 4.03. The van der Waals surface area contributed by atoms with Gasteiger partial charge in [0.25, 0.3) is 5.91 Å². The van der Waals surface area contributed by atoms with Gasteiger partial charge in [-0.25, -0.2) is 4.39 Å². The van der Waals surface area contributed by atoms with Crippen LogP contribution in [0, 0.1) is 5.82 Å². The lowest BCUT2D eigenvalue weighted by Crippen LogP contribution is -2.27. The van der Waals surface area contributed by atoms with Crippen molar-refractivity contribution in [1.82, 2.24) is 15.0 Å². The van der Waals surface area contributed by atoms with Crippen LogP contribution in [0.4, 0.5) is 13.2 Å². The first-order valence-corrected chi connectivity index (χ1v) is 5.72. The van der Waals surface area contributed by atoms with Gasteiger partial charge in [0.1, 0.15) is 11.6 Å². The molecule has 0 saturated carbocycles. The van der Waals surface area contributed by atoms with E-state index in [0.717, 1.165) is 29.5 Å². The summed E-state index contributed by atoms with van der Waals surface area (Å²) in [6, 6.07) is 2.88. The highest BCUT2D eigenvalue weighted by atomic mass is 19.3. The Balaban J connectivity index is 2.11. The first-order valence-electron chi connectivity index (χ1n) is 5.72. The number of benzene rings is 1. The van der Waals surface area contributed by atoms with Gasteiger partial charge in [-0.05, 0) is 12.1 Å². The third-order valence-electron chi connectivity index (χ3n) is 2.53. The third-order valence-corrected chi connectivity index (χ3v) is 2.53. The number of halogens is 3. The largest absolute Gasteiger partial charge is 0.435 e. The molecule has 0 unspecified atom stereocenters. The van der Waals surface area contributed by atoms with Crippen molar-refractivity contribution < 1.29 is 27.2 Å². The highest BCUT2D eigenvalue weighted by Crippen LogP contribution is 2.20. The maximum absolute atomic E-state index is 13.8. The van der Waals surface area contributed by atoms with E-state index in [1.165, 1.54) is 7.05 Å². The Morgan fingerprint density at radius 3 is 2.81 bits per heavy atom. The molecule has 9 heteroatoms. The van der Waals surface area contributed by atoms with Crippen molar-refractivity contribution in [3.63, 3.8) is 0 Å². The molecular formula is C12H10F3N3O3. The van der Waals surface area contributed by atoms with Gasteiger partial charge in [0.05, 0.1) is 12.1 Å². The number of nitrogens with zero attached hydrogens (tertiary/aromatic N) is 3. The Morgan fingerprint density at radius 1 is 1.48 bits per heavy atom. The zero-order chi connectivity index (χ0) is 15.4. The molecule has 21 heavy (non-hydrogen) atoms. The van der Waals surface area contributed by atoms with Crippen LogP contribution in [-0.4, -0.2) is 34.6 Å². The Labute approximate surface area is 117 Å². The number of aromatic nitrogens is 2. The second kappa shape index (κ2) is 6.25. The molecule has 1 aromatic carbocycles. The van der Waals surface area contributed by atoms with Crippen LogP contribution in [0.2, 0.25) is 0 Å². The number of hydrogen-bond acceptors (Lipinski definition) is 5. The van der Waals surface area contributed by atoms with E-state index in [9.17, 15) is 18.0 Å². The van der Waals surface area contributed by atoms with Gasteiger partial charge in [0.2, 0.25) is 6.39 Å². The SMILES string of the molecule is CN(Cc1ncon1)C(=O)c1ccc(OC(F)F)cc1F. The summed E-state index contributed by atoms with van der Waals surface area (Å²) in [5.74, 6) is -1.72. The number of alkyl halides is 2. The average molecular weight is 301 g/mol. The van der Waals surface area contributed by atoms with Crippen molar-refractivity contribution in [1.29, 1.82) is 0 Å². The van der Waals surface area contributed by atoms with E-state index in [0.29, 0.717) is 0 Å².